The molecule has 0 spiro atoms. The van der Waals surface area contributed by atoms with Crippen molar-refractivity contribution in [3.05, 3.63) is 52.4 Å². The van der Waals surface area contributed by atoms with Crippen LogP contribution in [-0.4, -0.2) is 30.7 Å². The third kappa shape index (κ3) is 4.19. The SMILES string of the molecule is O=C(NCc1ccc(N2CCC(CO)CC2)cc1)c1ccc(Br)o1. The molecule has 0 aliphatic carbocycles. The lowest BCUT2D eigenvalue weighted by Crippen LogP contribution is -2.34. The average molecular weight is 393 g/mol. The number of piperidine rings is 1. The van der Waals surface area contributed by atoms with Crippen LogP contribution in [0.2, 0.25) is 0 Å². The summed E-state index contributed by atoms with van der Waals surface area (Å²) in [4.78, 5) is 14.3. The summed E-state index contributed by atoms with van der Waals surface area (Å²) in [7, 11) is 0. The number of benzene rings is 1. The third-order valence-corrected chi connectivity index (χ3v) is 4.85. The minimum atomic E-state index is -0.226. The van der Waals surface area contributed by atoms with Gasteiger partial charge >= 0.3 is 0 Å². The summed E-state index contributed by atoms with van der Waals surface area (Å²) in [6, 6.07) is 11.6. The molecule has 1 fully saturated rings. The summed E-state index contributed by atoms with van der Waals surface area (Å²) in [5.41, 5.74) is 2.24. The van der Waals surface area contributed by atoms with E-state index in [9.17, 15) is 9.90 Å². The number of amides is 1. The molecule has 1 amide bonds. The first kappa shape index (κ1) is 17.0. The number of anilines is 1. The minimum absolute atomic E-state index is 0.226. The Morgan fingerprint density at radius 2 is 1.92 bits per heavy atom. The number of halogens is 1. The number of nitrogens with one attached hydrogen (secondary N) is 1. The second kappa shape index (κ2) is 7.85. The van der Waals surface area contributed by atoms with E-state index in [4.69, 9.17) is 4.42 Å². The Labute approximate surface area is 149 Å². The number of hydrogen-bond donors (Lipinski definition) is 2. The topological polar surface area (TPSA) is 65.7 Å². The maximum absolute atomic E-state index is 12.0. The predicted molar refractivity (Wildman–Crippen MR) is 96.0 cm³/mol. The van der Waals surface area contributed by atoms with E-state index in [2.05, 4.69) is 38.3 Å². The normalized spacial score (nSPS) is 15.5. The highest BCUT2D eigenvalue weighted by Gasteiger charge is 2.18. The van der Waals surface area contributed by atoms with Crippen molar-refractivity contribution in [2.75, 3.05) is 24.6 Å². The van der Waals surface area contributed by atoms with Gasteiger partial charge in [0.25, 0.3) is 5.91 Å². The molecule has 1 aromatic carbocycles. The van der Waals surface area contributed by atoms with Gasteiger partial charge in [0.1, 0.15) is 0 Å². The van der Waals surface area contributed by atoms with Crippen molar-refractivity contribution < 1.29 is 14.3 Å². The first-order valence-corrected chi connectivity index (χ1v) is 8.93. The molecule has 2 heterocycles. The number of aliphatic hydroxyl groups is 1. The molecule has 128 valence electrons. The molecule has 3 rings (SSSR count). The smallest absolute Gasteiger partial charge is 0.287 e. The van der Waals surface area contributed by atoms with Gasteiger partial charge in [-0.15, -0.1) is 0 Å². The van der Waals surface area contributed by atoms with Crippen molar-refractivity contribution in [3.8, 4) is 0 Å². The first-order chi connectivity index (χ1) is 11.7. The van der Waals surface area contributed by atoms with E-state index in [0.29, 0.717) is 29.5 Å². The highest BCUT2D eigenvalue weighted by molar-refractivity contribution is 9.10. The molecule has 0 saturated carbocycles. The van der Waals surface area contributed by atoms with Crippen molar-refractivity contribution in [2.45, 2.75) is 19.4 Å². The Kier molecular flexibility index (Phi) is 5.58. The predicted octanol–water partition coefficient (Wildman–Crippen LogP) is 3.18. The van der Waals surface area contributed by atoms with Gasteiger partial charge in [-0.2, -0.15) is 0 Å². The van der Waals surface area contributed by atoms with Gasteiger partial charge < -0.3 is 19.7 Å². The molecular formula is C18H21BrN2O3. The third-order valence-electron chi connectivity index (χ3n) is 4.42. The number of rotatable bonds is 5. The van der Waals surface area contributed by atoms with Crippen LogP contribution in [0.5, 0.6) is 0 Å². The second-order valence-electron chi connectivity index (χ2n) is 6.07. The molecule has 5 nitrogen and oxygen atoms in total. The highest BCUT2D eigenvalue weighted by atomic mass is 79.9. The molecule has 0 bridgehead atoms. The van der Waals surface area contributed by atoms with Gasteiger partial charge in [0, 0.05) is 31.9 Å². The molecule has 24 heavy (non-hydrogen) atoms. The minimum Gasteiger partial charge on any atom is -0.444 e. The van der Waals surface area contributed by atoms with Crippen LogP contribution < -0.4 is 10.2 Å². The lowest BCUT2D eigenvalue weighted by atomic mass is 9.97. The van der Waals surface area contributed by atoms with Crippen molar-refractivity contribution in [2.24, 2.45) is 5.92 Å². The molecule has 0 radical (unpaired) electrons. The second-order valence-corrected chi connectivity index (χ2v) is 6.85. The van der Waals surface area contributed by atoms with Crippen LogP contribution in [-0.2, 0) is 6.54 Å². The van der Waals surface area contributed by atoms with E-state index in [-0.39, 0.29) is 5.91 Å². The monoisotopic (exact) mass is 392 g/mol. The standard InChI is InChI=1S/C18H21BrN2O3/c19-17-6-5-16(24-17)18(23)20-11-13-1-3-15(4-2-13)21-9-7-14(12-22)8-10-21/h1-6,14,22H,7-12H2,(H,20,23). The molecule has 1 aromatic heterocycles. The van der Waals surface area contributed by atoms with Crippen LogP contribution in [0.3, 0.4) is 0 Å². The molecule has 1 aliphatic rings. The summed E-state index contributed by atoms with van der Waals surface area (Å²) >= 11 is 3.19. The maximum Gasteiger partial charge on any atom is 0.287 e. The Balaban J connectivity index is 1.52. The zero-order valence-electron chi connectivity index (χ0n) is 13.4. The fourth-order valence-electron chi connectivity index (χ4n) is 2.90. The van der Waals surface area contributed by atoms with E-state index in [0.717, 1.165) is 31.5 Å². The fraction of sp³-hybridized carbons (Fsp3) is 0.389. The molecule has 0 unspecified atom stereocenters. The first-order valence-electron chi connectivity index (χ1n) is 8.14. The average Bonchev–Trinajstić information content (AvgIpc) is 3.07. The van der Waals surface area contributed by atoms with Gasteiger partial charge in [-0.1, -0.05) is 12.1 Å². The van der Waals surface area contributed by atoms with Crippen molar-refractivity contribution >= 4 is 27.5 Å². The van der Waals surface area contributed by atoms with E-state index in [1.807, 2.05) is 12.1 Å². The summed E-state index contributed by atoms with van der Waals surface area (Å²) in [6.45, 7) is 2.71. The summed E-state index contributed by atoms with van der Waals surface area (Å²) < 4.78 is 5.77. The Bertz CT molecular complexity index is 676. The van der Waals surface area contributed by atoms with Crippen LogP contribution >= 0.6 is 15.9 Å². The van der Waals surface area contributed by atoms with Crippen molar-refractivity contribution in [3.63, 3.8) is 0 Å². The van der Waals surface area contributed by atoms with E-state index in [1.54, 1.807) is 12.1 Å². The quantitative estimate of drug-likeness (QED) is 0.819. The van der Waals surface area contributed by atoms with E-state index < -0.39 is 0 Å². The molecule has 1 saturated heterocycles. The van der Waals surface area contributed by atoms with E-state index in [1.165, 1.54) is 5.69 Å². The van der Waals surface area contributed by atoms with Crippen LogP contribution in [0, 0.1) is 5.92 Å². The van der Waals surface area contributed by atoms with Crippen LogP contribution in [0.1, 0.15) is 29.0 Å². The van der Waals surface area contributed by atoms with Gasteiger partial charge in [-0.05, 0) is 64.5 Å². The summed E-state index contributed by atoms with van der Waals surface area (Å²) in [5.74, 6) is 0.512. The van der Waals surface area contributed by atoms with Crippen LogP contribution in [0.4, 0.5) is 5.69 Å². The lowest BCUT2D eigenvalue weighted by molar-refractivity contribution is 0.0922. The zero-order chi connectivity index (χ0) is 16.9. The highest BCUT2D eigenvalue weighted by Crippen LogP contribution is 2.23. The number of aliphatic hydroxyl groups excluding tert-OH is 1. The largest absolute Gasteiger partial charge is 0.444 e. The van der Waals surface area contributed by atoms with Gasteiger partial charge in [-0.25, -0.2) is 0 Å². The fourth-order valence-corrected chi connectivity index (χ4v) is 3.21. The van der Waals surface area contributed by atoms with Gasteiger partial charge in [0.2, 0.25) is 0 Å². The lowest BCUT2D eigenvalue weighted by Gasteiger charge is -2.33. The van der Waals surface area contributed by atoms with Crippen molar-refractivity contribution in [1.82, 2.24) is 5.32 Å². The number of nitrogens with zero attached hydrogens (tertiary/aromatic N) is 1. The Morgan fingerprint density at radius 3 is 2.50 bits per heavy atom. The van der Waals surface area contributed by atoms with Gasteiger partial charge in [-0.3, -0.25) is 4.79 Å². The number of carbonyl (C=O) groups is 1. The summed E-state index contributed by atoms with van der Waals surface area (Å²) in [6.07, 6.45) is 2.07. The summed E-state index contributed by atoms with van der Waals surface area (Å²) in [5, 5.41) is 12.1. The Hall–Kier alpha value is -1.79. The van der Waals surface area contributed by atoms with Crippen LogP contribution in [0.15, 0.2) is 45.5 Å². The number of hydrogen-bond acceptors (Lipinski definition) is 4. The van der Waals surface area contributed by atoms with Crippen LogP contribution in [0.25, 0.3) is 0 Å². The molecule has 6 heteroatoms. The molecular weight excluding hydrogens is 372 g/mol. The molecule has 2 aromatic rings. The van der Waals surface area contributed by atoms with Crippen molar-refractivity contribution in [1.29, 1.82) is 0 Å². The molecule has 1 aliphatic heterocycles. The maximum atomic E-state index is 12.0. The Morgan fingerprint density at radius 1 is 1.21 bits per heavy atom. The molecule has 0 atom stereocenters. The molecule has 2 N–H and O–H groups in total. The van der Waals surface area contributed by atoms with E-state index >= 15 is 0 Å². The van der Waals surface area contributed by atoms with Gasteiger partial charge in [0.15, 0.2) is 10.4 Å². The van der Waals surface area contributed by atoms with Gasteiger partial charge in [0.05, 0.1) is 0 Å². The number of carbonyl (C=O) groups excluding carboxylic acids is 1. The zero-order valence-corrected chi connectivity index (χ0v) is 15.0. The number of furan rings is 1.